The summed E-state index contributed by atoms with van der Waals surface area (Å²) in [6.45, 7) is 2.06. The zero-order chi connectivity index (χ0) is 13.8. The van der Waals surface area contributed by atoms with Crippen LogP contribution in [-0.4, -0.2) is 46.4 Å². The Morgan fingerprint density at radius 2 is 2.40 bits per heavy atom. The van der Waals surface area contributed by atoms with Crippen LogP contribution in [0.15, 0.2) is 18.3 Å². The van der Waals surface area contributed by atoms with Crippen molar-refractivity contribution in [3.8, 4) is 0 Å². The fourth-order valence-electron chi connectivity index (χ4n) is 3.03. The van der Waals surface area contributed by atoms with Crippen molar-refractivity contribution in [2.24, 2.45) is 0 Å². The van der Waals surface area contributed by atoms with Crippen LogP contribution >= 0.6 is 0 Å². The normalized spacial score (nSPS) is 25.9. The van der Waals surface area contributed by atoms with E-state index in [4.69, 9.17) is 4.74 Å². The first kappa shape index (κ1) is 13.3. The summed E-state index contributed by atoms with van der Waals surface area (Å²) in [4.78, 5) is 14.2. The van der Waals surface area contributed by atoms with E-state index in [1.54, 1.807) is 6.20 Å². The van der Waals surface area contributed by atoms with E-state index in [1.807, 2.05) is 17.0 Å². The number of nitrogens with one attached hydrogen (secondary N) is 1. The molecule has 0 aliphatic carbocycles. The minimum atomic E-state index is -0.0198. The lowest BCUT2D eigenvalue weighted by Gasteiger charge is -2.28. The molecular formula is C14H20N4O2. The van der Waals surface area contributed by atoms with Crippen LogP contribution in [0.25, 0.3) is 0 Å². The molecule has 108 valence electrons. The van der Waals surface area contributed by atoms with Gasteiger partial charge >= 0.3 is 6.03 Å². The van der Waals surface area contributed by atoms with Crippen LogP contribution in [0.4, 0.5) is 4.79 Å². The van der Waals surface area contributed by atoms with E-state index >= 15 is 0 Å². The number of rotatable bonds is 3. The lowest BCUT2D eigenvalue weighted by atomic mass is 10.1. The number of nitrogens with zero attached hydrogens (tertiary/aromatic N) is 3. The number of aromatic nitrogens is 2. The van der Waals surface area contributed by atoms with Crippen LogP contribution in [0.5, 0.6) is 0 Å². The standard InChI is InChI=1S/C14H20N4O2/c19-14(15-10-11-4-1-7-16-17-11)18-8-2-5-12(18)13-6-3-9-20-13/h1,4,7,12-13H,2-3,5-6,8-10H2,(H,15,19)/t12-,13+/m1/s1. The highest BCUT2D eigenvalue weighted by Crippen LogP contribution is 2.27. The van der Waals surface area contributed by atoms with Crippen molar-refractivity contribution in [1.29, 1.82) is 0 Å². The van der Waals surface area contributed by atoms with Gasteiger partial charge in [-0.15, -0.1) is 0 Å². The molecule has 2 fully saturated rings. The molecule has 3 rings (SSSR count). The van der Waals surface area contributed by atoms with Crippen LogP contribution in [-0.2, 0) is 11.3 Å². The molecule has 0 spiro atoms. The Kier molecular flexibility index (Phi) is 4.11. The highest BCUT2D eigenvalue weighted by Gasteiger charge is 2.36. The molecule has 0 radical (unpaired) electrons. The van der Waals surface area contributed by atoms with Crippen LogP contribution in [0.1, 0.15) is 31.4 Å². The van der Waals surface area contributed by atoms with Gasteiger partial charge < -0.3 is 15.0 Å². The van der Waals surface area contributed by atoms with Crippen LogP contribution in [0.2, 0.25) is 0 Å². The van der Waals surface area contributed by atoms with Gasteiger partial charge in [-0.1, -0.05) is 0 Å². The smallest absolute Gasteiger partial charge is 0.318 e. The largest absolute Gasteiger partial charge is 0.376 e. The molecule has 2 saturated heterocycles. The number of hydrogen-bond acceptors (Lipinski definition) is 4. The van der Waals surface area contributed by atoms with E-state index in [-0.39, 0.29) is 18.2 Å². The van der Waals surface area contributed by atoms with Gasteiger partial charge in [0.25, 0.3) is 0 Å². The van der Waals surface area contributed by atoms with Crippen molar-refractivity contribution in [2.45, 2.75) is 44.4 Å². The van der Waals surface area contributed by atoms with Gasteiger partial charge in [0.05, 0.1) is 24.4 Å². The Balaban J connectivity index is 1.55. The van der Waals surface area contributed by atoms with Crippen molar-refractivity contribution < 1.29 is 9.53 Å². The first-order chi connectivity index (χ1) is 9.84. The maximum Gasteiger partial charge on any atom is 0.318 e. The van der Waals surface area contributed by atoms with E-state index < -0.39 is 0 Å². The first-order valence-electron chi connectivity index (χ1n) is 7.27. The monoisotopic (exact) mass is 276 g/mol. The number of ether oxygens (including phenoxy) is 1. The third kappa shape index (κ3) is 2.90. The highest BCUT2D eigenvalue weighted by molar-refractivity contribution is 5.74. The Morgan fingerprint density at radius 3 is 3.15 bits per heavy atom. The second-order valence-electron chi connectivity index (χ2n) is 5.33. The molecule has 20 heavy (non-hydrogen) atoms. The molecule has 2 atom stereocenters. The second kappa shape index (κ2) is 6.17. The molecule has 6 heteroatoms. The van der Waals surface area contributed by atoms with Gasteiger partial charge in [-0.25, -0.2) is 4.79 Å². The third-order valence-corrected chi connectivity index (χ3v) is 4.00. The number of likely N-dealkylation sites (tertiary alicyclic amines) is 1. The van der Waals surface area contributed by atoms with Crippen molar-refractivity contribution in [3.63, 3.8) is 0 Å². The fraction of sp³-hybridized carbons (Fsp3) is 0.643. The highest BCUT2D eigenvalue weighted by atomic mass is 16.5. The van der Waals surface area contributed by atoms with Crippen molar-refractivity contribution >= 4 is 6.03 Å². The van der Waals surface area contributed by atoms with E-state index in [2.05, 4.69) is 15.5 Å². The summed E-state index contributed by atoms with van der Waals surface area (Å²) in [7, 11) is 0. The molecule has 1 N–H and O–H groups in total. The first-order valence-corrected chi connectivity index (χ1v) is 7.27. The predicted octanol–water partition coefficient (Wildman–Crippen LogP) is 1.33. The summed E-state index contributed by atoms with van der Waals surface area (Å²) in [6.07, 6.45) is 6.13. The predicted molar refractivity (Wildman–Crippen MR) is 73.0 cm³/mol. The summed E-state index contributed by atoms with van der Waals surface area (Å²) in [5.41, 5.74) is 0.772. The Morgan fingerprint density at radius 1 is 1.45 bits per heavy atom. The van der Waals surface area contributed by atoms with Gasteiger partial charge in [0.1, 0.15) is 0 Å². The fourth-order valence-corrected chi connectivity index (χ4v) is 3.03. The zero-order valence-corrected chi connectivity index (χ0v) is 11.5. The van der Waals surface area contributed by atoms with Crippen LogP contribution in [0, 0.1) is 0 Å². The average Bonchev–Trinajstić information content (AvgIpc) is 3.15. The van der Waals surface area contributed by atoms with Crippen molar-refractivity contribution in [1.82, 2.24) is 20.4 Å². The minimum absolute atomic E-state index is 0.0198. The molecule has 1 aromatic heterocycles. The van der Waals surface area contributed by atoms with E-state index in [0.29, 0.717) is 6.54 Å². The van der Waals surface area contributed by atoms with E-state index in [9.17, 15) is 4.79 Å². The van der Waals surface area contributed by atoms with Crippen molar-refractivity contribution in [3.05, 3.63) is 24.0 Å². The number of urea groups is 1. The average molecular weight is 276 g/mol. The molecule has 6 nitrogen and oxygen atoms in total. The lowest BCUT2D eigenvalue weighted by molar-refractivity contribution is 0.0520. The van der Waals surface area contributed by atoms with Crippen LogP contribution in [0.3, 0.4) is 0 Å². The zero-order valence-electron chi connectivity index (χ0n) is 11.5. The molecule has 1 aromatic rings. The van der Waals surface area contributed by atoms with Crippen LogP contribution < -0.4 is 5.32 Å². The Bertz CT molecular complexity index is 448. The van der Waals surface area contributed by atoms with Gasteiger partial charge in [0, 0.05) is 19.3 Å². The number of hydrogen-bond donors (Lipinski definition) is 1. The molecule has 0 bridgehead atoms. The third-order valence-electron chi connectivity index (χ3n) is 4.00. The number of amides is 2. The van der Waals surface area contributed by atoms with Gasteiger partial charge in [-0.3, -0.25) is 0 Å². The summed E-state index contributed by atoms with van der Waals surface area (Å²) < 4.78 is 5.74. The number of carbonyl (C=O) groups is 1. The molecule has 2 amide bonds. The van der Waals surface area contributed by atoms with E-state index in [0.717, 1.165) is 44.5 Å². The van der Waals surface area contributed by atoms with Gasteiger partial charge in [-0.05, 0) is 37.8 Å². The summed E-state index contributed by atoms with van der Waals surface area (Å²) >= 11 is 0. The lowest BCUT2D eigenvalue weighted by Crippen LogP contribution is -2.47. The molecular weight excluding hydrogens is 256 g/mol. The Labute approximate surface area is 118 Å². The molecule has 2 aliphatic heterocycles. The number of carbonyl (C=O) groups excluding carboxylic acids is 1. The molecule has 0 saturated carbocycles. The molecule has 3 heterocycles. The quantitative estimate of drug-likeness (QED) is 0.904. The minimum Gasteiger partial charge on any atom is -0.376 e. The maximum absolute atomic E-state index is 12.3. The SMILES string of the molecule is O=C(NCc1cccnn1)N1CCC[C@@H]1[C@@H]1CCCO1. The molecule has 0 aromatic carbocycles. The Hall–Kier alpha value is -1.69. The maximum atomic E-state index is 12.3. The van der Waals surface area contributed by atoms with Crippen molar-refractivity contribution in [2.75, 3.05) is 13.2 Å². The van der Waals surface area contributed by atoms with E-state index in [1.165, 1.54) is 0 Å². The molecule has 2 aliphatic rings. The van der Waals surface area contributed by atoms with Gasteiger partial charge in [0.15, 0.2) is 0 Å². The van der Waals surface area contributed by atoms with Gasteiger partial charge in [-0.2, -0.15) is 10.2 Å². The summed E-state index contributed by atoms with van der Waals surface area (Å²) in [6, 6.07) is 3.89. The second-order valence-corrected chi connectivity index (χ2v) is 5.33. The molecule has 0 unspecified atom stereocenters. The topological polar surface area (TPSA) is 67.4 Å². The summed E-state index contributed by atoms with van der Waals surface area (Å²) in [5.74, 6) is 0. The van der Waals surface area contributed by atoms with Gasteiger partial charge in [0.2, 0.25) is 0 Å². The summed E-state index contributed by atoms with van der Waals surface area (Å²) in [5, 5.41) is 10.7.